The van der Waals surface area contributed by atoms with Gasteiger partial charge in [-0.3, -0.25) is 4.79 Å². The molecule has 4 nitrogen and oxygen atoms in total. The van der Waals surface area contributed by atoms with Crippen molar-refractivity contribution in [3.63, 3.8) is 0 Å². The average molecular weight is 296 g/mol. The summed E-state index contributed by atoms with van der Waals surface area (Å²) in [5.74, 6) is 1.27. The molecule has 1 saturated heterocycles. The van der Waals surface area contributed by atoms with Gasteiger partial charge in [0.15, 0.2) is 5.69 Å². The van der Waals surface area contributed by atoms with E-state index in [4.69, 9.17) is 11.6 Å². The molecule has 110 valence electrons. The number of carbonyl (C=O) groups is 1. The summed E-state index contributed by atoms with van der Waals surface area (Å²) in [5.41, 5.74) is 0.341. The number of aryl methyl sites for hydroxylation is 1. The largest absolute Gasteiger partial charge is 0.337 e. The summed E-state index contributed by atoms with van der Waals surface area (Å²) in [5, 5.41) is 0.343. The molecular weight excluding hydrogens is 274 g/mol. The van der Waals surface area contributed by atoms with Crippen molar-refractivity contribution >= 4 is 17.5 Å². The van der Waals surface area contributed by atoms with Crippen LogP contribution in [0.5, 0.6) is 0 Å². The van der Waals surface area contributed by atoms with Crippen molar-refractivity contribution in [2.45, 2.75) is 46.0 Å². The number of hydrogen-bond donors (Lipinski definition) is 0. The van der Waals surface area contributed by atoms with E-state index in [2.05, 4.69) is 16.9 Å². The Morgan fingerprint density at radius 1 is 1.45 bits per heavy atom. The smallest absolute Gasteiger partial charge is 0.274 e. The Balaban J connectivity index is 2.07. The van der Waals surface area contributed by atoms with Crippen LogP contribution < -0.4 is 0 Å². The third-order valence-electron chi connectivity index (χ3n) is 3.90. The second-order valence-corrected chi connectivity index (χ2v) is 5.90. The summed E-state index contributed by atoms with van der Waals surface area (Å²) in [6.07, 6.45) is 7.35. The van der Waals surface area contributed by atoms with Gasteiger partial charge >= 0.3 is 0 Å². The number of rotatable bonds is 3. The Bertz CT molecular complexity index is 478. The van der Waals surface area contributed by atoms with Gasteiger partial charge in [0, 0.05) is 13.1 Å². The molecule has 20 heavy (non-hydrogen) atoms. The van der Waals surface area contributed by atoms with Crippen LogP contribution in [0.1, 0.15) is 55.3 Å². The van der Waals surface area contributed by atoms with Crippen LogP contribution in [0.4, 0.5) is 0 Å². The van der Waals surface area contributed by atoms with Gasteiger partial charge in [-0.1, -0.05) is 31.4 Å². The van der Waals surface area contributed by atoms with Gasteiger partial charge in [-0.25, -0.2) is 9.97 Å². The molecule has 0 saturated carbocycles. The van der Waals surface area contributed by atoms with Crippen molar-refractivity contribution in [1.29, 1.82) is 0 Å². The maximum Gasteiger partial charge on any atom is 0.274 e. The van der Waals surface area contributed by atoms with Crippen molar-refractivity contribution in [3.8, 4) is 0 Å². The number of hydrogen-bond acceptors (Lipinski definition) is 3. The van der Waals surface area contributed by atoms with E-state index in [1.807, 2.05) is 4.90 Å². The lowest BCUT2D eigenvalue weighted by molar-refractivity contribution is 0.0753. The molecule has 1 aromatic heterocycles. The lowest BCUT2D eigenvalue weighted by Gasteiger charge is -2.20. The molecule has 1 aromatic rings. The highest BCUT2D eigenvalue weighted by Gasteiger charge is 2.24. The molecule has 1 aliphatic heterocycles. The number of amides is 1. The summed E-state index contributed by atoms with van der Waals surface area (Å²) >= 11 is 6.06. The third-order valence-corrected chi connectivity index (χ3v) is 4.18. The number of nitrogens with zero attached hydrogens (tertiary/aromatic N) is 3. The zero-order valence-electron chi connectivity index (χ0n) is 12.2. The Labute approximate surface area is 125 Å². The van der Waals surface area contributed by atoms with Crippen molar-refractivity contribution in [1.82, 2.24) is 14.9 Å². The second-order valence-electron chi connectivity index (χ2n) is 5.49. The van der Waals surface area contributed by atoms with Crippen molar-refractivity contribution in [3.05, 3.63) is 22.7 Å². The van der Waals surface area contributed by atoms with Gasteiger partial charge in [-0.2, -0.15) is 0 Å². The maximum atomic E-state index is 12.5. The molecule has 0 aliphatic carbocycles. The van der Waals surface area contributed by atoms with Crippen LogP contribution in [0, 0.1) is 12.8 Å². The summed E-state index contributed by atoms with van der Waals surface area (Å²) in [6.45, 7) is 5.60. The van der Waals surface area contributed by atoms with E-state index in [1.54, 1.807) is 6.92 Å². The second kappa shape index (κ2) is 7.02. The zero-order chi connectivity index (χ0) is 14.5. The molecule has 1 amide bonds. The SMILES string of the molecule is CCC[C@@H]1CCCN(C(=O)c2nc(C)ncc2Cl)CC1. The summed E-state index contributed by atoms with van der Waals surface area (Å²) < 4.78 is 0. The van der Waals surface area contributed by atoms with Gasteiger partial charge in [0.05, 0.1) is 11.2 Å². The van der Waals surface area contributed by atoms with Crippen LogP contribution in [-0.4, -0.2) is 33.9 Å². The highest BCUT2D eigenvalue weighted by Crippen LogP contribution is 2.23. The molecule has 1 atom stereocenters. The minimum Gasteiger partial charge on any atom is -0.337 e. The van der Waals surface area contributed by atoms with E-state index >= 15 is 0 Å². The molecule has 0 aromatic carbocycles. The fourth-order valence-electron chi connectivity index (χ4n) is 2.82. The van der Waals surface area contributed by atoms with E-state index < -0.39 is 0 Å². The van der Waals surface area contributed by atoms with E-state index in [1.165, 1.54) is 25.5 Å². The number of halogens is 1. The van der Waals surface area contributed by atoms with Crippen molar-refractivity contribution in [2.24, 2.45) is 5.92 Å². The van der Waals surface area contributed by atoms with E-state index in [9.17, 15) is 4.79 Å². The molecular formula is C15H22ClN3O. The van der Waals surface area contributed by atoms with Crippen LogP contribution in [0.25, 0.3) is 0 Å². The van der Waals surface area contributed by atoms with E-state index in [-0.39, 0.29) is 5.91 Å². The van der Waals surface area contributed by atoms with Gasteiger partial charge < -0.3 is 4.90 Å². The lowest BCUT2D eigenvalue weighted by Crippen LogP contribution is -2.33. The first-order valence-corrected chi connectivity index (χ1v) is 7.78. The molecule has 0 unspecified atom stereocenters. The maximum absolute atomic E-state index is 12.5. The first-order valence-electron chi connectivity index (χ1n) is 7.40. The highest BCUT2D eigenvalue weighted by molar-refractivity contribution is 6.33. The molecule has 0 N–H and O–H groups in total. The van der Waals surface area contributed by atoms with Gasteiger partial charge in [0.25, 0.3) is 5.91 Å². The molecule has 0 bridgehead atoms. The van der Waals surface area contributed by atoms with Crippen LogP contribution in [0.3, 0.4) is 0 Å². The molecule has 2 rings (SSSR count). The van der Waals surface area contributed by atoms with E-state index in [0.717, 1.165) is 31.8 Å². The molecule has 1 fully saturated rings. The quantitative estimate of drug-likeness (QED) is 0.857. The fraction of sp³-hybridized carbons (Fsp3) is 0.667. The van der Waals surface area contributed by atoms with Crippen molar-refractivity contribution in [2.75, 3.05) is 13.1 Å². The topological polar surface area (TPSA) is 46.1 Å². The molecule has 0 radical (unpaired) electrons. The summed E-state index contributed by atoms with van der Waals surface area (Å²) in [6, 6.07) is 0. The lowest BCUT2D eigenvalue weighted by atomic mass is 9.96. The number of carbonyl (C=O) groups excluding carboxylic acids is 1. The predicted octanol–water partition coefficient (Wildman–Crippen LogP) is 3.48. The summed E-state index contributed by atoms with van der Waals surface area (Å²) in [7, 11) is 0. The van der Waals surface area contributed by atoms with E-state index in [0.29, 0.717) is 16.5 Å². The van der Waals surface area contributed by atoms with Crippen LogP contribution in [0.15, 0.2) is 6.20 Å². The summed E-state index contributed by atoms with van der Waals surface area (Å²) in [4.78, 5) is 22.6. The monoisotopic (exact) mass is 295 g/mol. The Morgan fingerprint density at radius 2 is 2.25 bits per heavy atom. The Hall–Kier alpha value is -1.16. The highest BCUT2D eigenvalue weighted by atomic mass is 35.5. The minimum atomic E-state index is -0.0577. The molecule has 1 aliphatic rings. The number of likely N-dealkylation sites (tertiary alicyclic amines) is 1. The third kappa shape index (κ3) is 3.69. The molecule has 5 heteroatoms. The van der Waals surface area contributed by atoms with Crippen LogP contribution in [-0.2, 0) is 0 Å². The van der Waals surface area contributed by atoms with Crippen molar-refractivity contribution < 1.29 is 4.79 Å². The van der Waals surface area contributed by atoms with Gasteiger partial charge in [0.2, 0.25) is 0 Å². The van der Waals surface area contributed by atoms with Gasteiger partial charge in [-0.15, -0.1) is 0 Å². The van der Waals surface area contributed by atoms with Gasteiger partial charge in [-0.05, 0) is 32.1 Å². The molecule has 2 heterocycles. The standard InChI is InChI=1S/C15H22ClN3O/c1-3-5-12-6-4-8-19(9-7-12)15(20)14-13(16)10-17-11(2)18-14/h10,12H,3-9H2,1-2H3/t12-/m1/s1. The van der Waals surface area contributed by atoms with Crippen LogP contribution in [0.2, 0.25) is 5.02 Å². The number of aromatic nitrogens is 2. The first-order chi connectivity index (χ1) is 9.61. The Kier molecular flexibility index (Phi) is 5.35. The Morgan fingerprint density at radius 3 is 3.00 bits per heavy atom. The normalized spacial score (nSPS) is 19.8. The molecule has 0 spiro atoms. The zero-order valence-corrected chi connectivity index (χ0v) is 13.0. The fourth-order valence-corrected chi connectivity index (χ4v) is 2.99. The predicted molar refractivity (Wildman–Crippen MR) is 79.9 cm³/mol. The first kappa shape index (κ1) is 15.2. The minimum absolute atomic E-state index is 0.0577. The average Bonchev–Trinajstić information content (AvgIpc) is 2.67. The van der Waals surface area contributed by atoms with Gasteiger partial charge in [0.1, 0.15) is 5.82 Å². The van der Waals surface area contributed by atoms with Crippen LogP contribution >= 0.6 is 11.6 Å².